The number of hydrogen-bond acceptors (Lipinski definition) is 3. The average Bonchev–Trinajstić information content (AvgIpc) is 2.93. The maximum atomic E-state index is 9.32. The molecule has 1 unspecified atom stereocenters. The first-order valence-corrected chi connectivity index (χ1v) is 6.01. The van der Waals surface area contributed by atoms with Crippen LogP contribution in [0.3, 0.4) is 0 Å². The zero-order valence-corrected chi connectivity index (χ0v) is 9.39. The minimum absolute atomic E-state index is 0.0165. The summed E-state index contributed by atoms with van der Waals surface area (Å²) in [5.74, 6) is 0.327. The summed E-state index contributed by atoms with van der Waals surface area (Å²) >= 11 is 0. The van der Waals surface area contributed by atoms with Crippen molar-refractivity contribution < 1.29 is 5.11 Å². The molecule has 3 N–H and O–H groups in total. The molecule has 1 saturated carbocycles. The summed E-state index contributed by atoms with van der Waals surface area (Å²) in [4.78, 5) is 2.46. The Hall–Kier alpha value is -1.06. The van der Waals surface area contributed by atoms with Crippen LogP contribution in [0, 0.1) is 0 Å². The van der Waals surface area contributed by atoms with E-state index in [0.29, 0.717) is 11.8 Å². The normalized spacial score (nSPS) is 24.8. The van der Waals surface area contributed by atoms with Crippen molar-refractivity contribution in [2.45, 2.75) is 30.8 Å². The van der Waals surface area contributed by atoms with Gasteiger partial charge in [0.2, 0.25) is 0 Å². The third-order valence-electron chi connectivity index (χ3n) is 3.84. The van der Waals surface area contributed by atoms with E-state index < -0.39 is 0 Å². The lowest BCUT2D eigenvalue weighted by Crippen LogP contribution is -2.49. The second kappa shape index (κ2) is 3.47. The van der Waals surface area contributed by atoms with Crippen LogP contribution in [0.2, 0.25) is 0 Å². The number of likely N-dealkylation sites (tertiary alicyclic amines) is 1. The first-order valence-electron chi connectivity index (χ1n) is 6.01. The fraction of sp³-hybridized carbons (Fsp3) is 0.538. The molecule has 3 heteroatoms. The number of phenolic OH excluding ortho intramolecular Hbond substituents is 1. The Labute approximate surface area is 95.9 Å². The van der Waals surface area contributed by atoms with Crippen LogP contribution in [0.25, 0.3) is 0 Å². The molecule has 0 bridgehead atoms. The van der Waals surface area contributed by atoms with Crippen LogP contribution < -0.4 is 5.73 Å². The number of rotatable bonds is 3. The molecule has 1 atom stereocenters. The van der Waals surface area contributed by atoms with Crippen molar-refractivity contribution in [2.75, 3.05) is 13.1 Å². The van der Waals surface area contributed by atoms with Gasteiger partial charge in [0.1, 0.15) is 5.75 Å². The zero-order valence-electron chi connectivity index (χ0n) is 9.39. The van der Waals surface area contributed by atoms with Gasteiger partial charge in [-0.15, -0.1) is 0 Å². The van der Waals surface area contributed by atoms with Crippen LogP contribution >= 0.6 is 0 Å². The molecule has 1 aliphatic heterocycles. The molecule has 0 radical (unpaired) electrons. The SMILES string of the molecule is NC1(C(c2ccc(O)cc2)N2CCC2)CC1. The van der Waals surface area contributed by atoms with E-state index in [1.54, 1.807) is 12.1 Å². The molecule has 2 aliphatic rings. The Kier molecular flexibility index (Phi) is 2.19. The molecule has 1 aliphatic carbocycles. The van der Waals surface area contributed by atoms with Crippen LogP contribution in [0.15, 0.2) is 24.3 Å². The molecule has 1 heterocycles. The van der Waals surface area contributed by atoms with Gasteiger partial charge in [0, 0.05) is 18.6 Å². The Morgan fingerprint density at radius 3 is 2.25 bits per heavy atom. The van der Waals surface area contributed by atoms with Crippen LogP contribution in [0.1, 0.15) is 30.9 Å². The highest BCUT2D eigenvalue weighted by Crippen LogP contribution is 2.48. The number of hydrogen-bond donors (Lipinski definition) is 2. The standard InChI is InChI=1S/C13H18N2O/c14-13(6-7-13)12(15-8-1-9-15)10-2-4-11(16)5-3-10/h2-5,12,16H,1,6-9,14H2. The summed E-state index contributed by atoms with van der Waals surface area (Å²) in [5, 5.41) is 9.32. The maximum Gasteiger partial charge on any atom is 0.115 e. The summed E-state index contributed by atoms with van der Waals surface area (Å²) in [6.07, 6.45) is 3.52. The van der Waals surface area contributed by atoms with Gasteiger partial charge in [-0.2, -0.15) is 0 Å². The maximum absolute atomic E-state index is 9.32. The van der Waals surface area contributed by atoms with Gasteiger partial charge in [-0.3, -0.25) is 4.90 Å². The molecule has 2 fully saturated rings. The Morgan fingerprint density at radius 2 is 1.81 bits per heavy atom. The molecule has 86 valence electrons. The number of benzene rings is 1. The number of nitrogens with zero attached hydrogens (tertiary/aromatic N) is 1. The molecule has 0 amide bonds. The summed E-state index contributed by atoms with van der Waals surface area (Å²) in [6.45, 7) is 2.31. The average molecular weight is 218 g/mol. The van der Waals surface area contributed by atoms with E-state index in [1.165, 1.54) is 12.0 Å². The summed E-state index contributed by atoms with van der Waals surface area (Å²) in [6, 6.07) is 7.87. The van der Waals surface area contributed by atoms with Crippen molar-refractivity contribution in [3.05, 3.63) is 29.8 Å². The zero-order chi connectivity index (χ0) is 11.2. The van der Waals surface area contributed by atoms with E-state index in [1.807, 2.05) is 12.1 Å². The van der Waals surface area contributed by atoms with Crippen molar-refractivity contribution in [3.63, 3.8) is 0 Å². The largest absolute Gasteiger partial charge is 0.508 e. The van der Waals surface area contributed by atoms with E-state index in [-0.39, 0.29) is 5.54 Å². The third-order valence-corrected chi connectivity index (χ3v) is 3.84. The number of nitrogens with two attached hydrogens (primary N) is 1. The monoisotopic (exact) mass is 218 g/mol. The molecule has 0 spiro atoms. The Balaban J connectivity index is 1.89. The predicted octanol–water partition coefficient (Wildman–Crippen LogP) is 1.63. The van der Waals surface area contributed by atoms with Gasteiger partial charge in [0.05, 0.1) is 6.04 Å². The van der Waals surface area contributed by atoms with Crippen LogP contribution in [0.4, 0.5) is 0 Å². The summed E-state index contributed by atoms with van der Waals surface area (Å²) in [7, 11) is 0. The van der Waals surface area contributed by atoms with Crippen LogP contribution in [-0.2, 0) is 0 Å². The smallest absolute Gasteiger partial charge is 0.115 e. The second-order valence-corrected chi connectivity index (χ2v) is 5.12. The lowest BCUT2D eigenvalue weighted by Gasteiger charge is -2.42. The molecule has 1 saturated heterocycles. The van der Waals surface area contributed by atoms with Crippen molar-refractivity contribution in [1.29, 1.82) is 0 Å². The third kappa shape index (κ3) is 1.60. The van der Waals surface area contributed by atoms with Crippen molar-refractivity contribution >= 4 is 0 Å². The van der Waals surface area contributed by atoms with E-state index in [9.17, 15) is 5.11 Å². The summed E-state index contributed by atoms with van der Waals surface area (Å²) < 4.78 is 0. The Morgan fingerprint density at radius 1 is 1.19 bits per heavy atom. The molecule has 1 aromatic rings. The minimum Gasteiger partial charge on any atom is -0.508 e. The molecule has 3 rings (SSSR count). The van der Waals surface area contributed by atoms with Gasteiger partial charge in [-0.1, -0.05) is 12.1 Å². The van der Waals surface area contributed by atoms with Gasteiger partial charge in [0.15, 0.2) is 0 Å². The fourth-order valence-electron chi connectivity index (χ4n) is 2.58. The first-order chi connectivity index (χ1) is 7.69. The van der Waals surface area contributed by atoms with Gasteiger partial charge in [0.25, 0.3) is 0 Å². The van der Waals surface area contributed by atoms with Crippen LogP contribution in [-0.4, -0.2) is 28.6 Å². The highest BCUT2D eigenvalue weighted by atomic mass is 16.3. The van der Waals surface area contributed by atoms with Crippen LogP contribution in [0.5, 0.6) is 5.75 Å². The molecule has 16 heavy (non-hydrogen) atoms. The quantitative estimate of drug-likeness (QED) is 0.810. The van der Waals surface area contributed by atoms with Crippen molar-refractivity contribution in [1.82, 2.24) is 4.90 Å². The van der Waals surface area contributed by atoms with E-state index in [4.69, 9.17) is 5.73 Å². The number of phenols is 1. The Bertz CT molecular complexity index is 379. The fourth-order valence-corrected chi connectivity index (χ4v) is 2.58. The van der Waals surface area contributed by atoms with E-state index in [0.717, 1.165) is 25.9 Å². The highest BCUT2D eigenvalue weighted by Gasteiger charge is 2.49. The van der Waals surface area contributed by atoms with Gasteiger partial charge in [-0.05, 0) is 37.0 Å². The van der Waals surface area contributed by atoms with Crippen molar-refractivity contribution in [2.24, 2.45) is 5.73 Å². The predicted molar refractivity (Wildman–Crippen MR) is 63.2 cm³/mol. The lowest BCUT2D eigenvalue weighted by molar-refractivity contribution is 0.0931. The number of aromatic hydroxyl groups is 1. The minimum atomic E-state index is -0.0165. The molecule has 0 aromatic heterocycles. The molecular formula is C13H18N2O. The second-order valence-electron chi connectivity index (χ2n) is 5.12. The molecular weight excluding hydrogens is 200 g/mol. The molecule has 3 nitrogen and oxygen atoms in total. The van der Waals surface area contributed by atoms with Gasteiger partial charge < -0.3 is 10.8 Å². The summed E-state index contributed by atoms with van der Waals surface area (Å²) in [5.41, 5.74) is 7.60. The lowest BCUT2D eigenvalue weighted by atomic mass is 9.93. The van der Waals surface area contributed by atoms with E-state index >= 15 is 0 Å². The van der Waals surface area contributed by atoms with Gasteiger partial charge in [-0.25, -0.2) is 0 Å². The topological polar surface area (TPSA) is 49.5 Å². The van der Waals surface area contributed by atoms with Gasteiger partial charge >= 0.3 is 0 Å². The van der Waals surface area contributed by atoms with Crippen molar-refractivity contribution in [3.8, 4) is 5.75 Å². The van der Waals surface area contributed by atoms with E-state index in [2.05, 4.69) is 4.90 Å². The highest BCUT2D eigenvalue weighted by molar-refractivity contribution is 5.32. The molecule has 1 aromatic carbocycles. The first kappa shape index (κ1) is 10.1.